The summed E-state index contributed by atoms with van der Waals surface area (Å²) in [4.78, 5) is 38.5. The molecule has 0 fully saturated rings. The Balaban J connectivity index is 4.41. The first-order valence-corrected chi connectivity index (χ1v) is 34.0. The molecule has 0 saturated carbocycles. The van der Waals surface area contributed by atoms with Crippen molar-refractivity contribution in [3.8, 4) is 0 Å². The lowest BCUT2D eigenvalue weighted by molar-refractivity contribution is -0.167. The Morgan fingerprint density at radius 2 is 0.481 bits per heavy atom. The van der Waals surface area contributed by atoms with Gasteiger partial charge in [0.25, 0.3) is 0 Å². The Hall–Kier alpha value is -4.19. The van der Waals surface area contributed by atoms with E-state index in [0.29, 0.717) is 19.3 Å². The van der Waals surface area contributed by atoms with Gasteiger partial charge in [0.15, 0.2) is 6.10 Å². The summed E-state index contributed by atoms with van der Waals surface area (Å²) in [7, 11) is 0. The zero-order chi connectivity index (χ0) is 58.5. The van der Waals surface area contributed by atoms with Gasteiger partial charge in [0.1, 0.15) is 13.2 Å². The van der Waals surface area contributed by atoms with E-state index in [9.17, 15) is 14.4 Å². The maximum Gasteiger partial charge on any atom is 0.306 e. The Bertz CT molecular complexity index is 1670. The smallest absolute Gasteiger partial charge is 0.306 e. The molecule has 0 spiro atoms. The van der Waals surface area contributed by atoms with Crippen LogP contribution in [0.25, 0.3) is 0 Å². The Kier molecular flexibility index (Phi) is 64.8. The third-order valence-corrected chi connectivity index (χ3v) is 14.4. The van der Waals surface area contributed by atoms with Crippen LogP contribution in [0.1, 0.15) is 316 Å². The van der Waals surface area contributed by atoms with Crippen LogP contribution in [0.5, 0.6) is 0 Å². The highest BCUT2D eigenvalue weighted by molar-refractivity contribution is 5.71. The van der Waals surface area contributed by atoms with E-state index < -0.39 is 6.10 Å². The first-order valence-electron chi connectivity index (χ1n) is 34.0. The number of carbonyl (C=O) groups excluding carboxylic acids is 3. The monoisotopic (exact) mass is 1120 g/mol. The van der Waals surface area contributed by atoms with E-state index >= 15 is 0 Å². The van der Waals surface area contributed by atoms with Crippen molar-refractivity contribution in [1.82, 2.24) is 0 Å². The number of hydrogen-bond acceptors (Lipinski definition) is 6. The highest BCUT2D eigenvalue weighted by atomic mass is 16.6. The van der Waals surface area contributed by atoms with Gasteiger partial charge in [-0.25, -0.2) is 0 Å². The predicted molar refractivity (Wildman–Crippen MR) is 353 cm³/mol. The van der Waals surface area contributed by atoms with E-state index in [1.54, 1.807) is 0 Å². The molecule has 0 radical (unpaired) electrons. The second kappa shape index (κ2) is 68.3. The molecule has 0 aromatic carbocycles. The maximum atomic E-state index is 12.9. The zero-order valence-corrected chi connectivity index (χ0v) is 53.0. The minimum absolute atomic E-state index is 0.0879. The van der Waals surface area contributed by atoms with Gasteiger partial charge < -0.3 is 14.2 Å². The molecule has 6 nitrogen and oxygen atoms in total. The molecular formula is C75H126O6. The topological polar surface area (TPSA) is 78.9 Å². The van der Waals surface area contributed by atoms with Gasteiger partial charge in [-0.3, -0.25) is 14.4 Å². The van der Waals surface area contributed by atoms with Gasteiger partial charge in [-0.1, -0.05) is 290 Å². The lowest BCUT2D eigenvalue weighted by atomic mass is 10.1. The van der Waals surface area contributed by atoms with Crippen LogP contribution in [0.2, 0.25) is 0 Å². The maximum absolute atomic E-state index is 12.9. The average molecular weight is 1120 g/mol. The Morgan fingerprint density at radius 3 is 0.765 bits per heavy atom. The molecule has 0 amide bonds. The molecular weight excluding hydrogens is 997 g/mol. The van der Waals surface area contributed by atoms with Crippen molar-refractivity contribution >= 4 is 17.9 Å². The lowest BCUT2D eigenvalue weighted by Gasteiger charge is -2.18. The van der Waals surface area contributed by atoms with Crippen molar-refractivity contribution in [2.75, 3.05) is 13.2 Å². The van der Waals surface area contributed by atoms with E-state index in [2.05, 4.69) is 142 Å². The van der Waals surface area contributed by atoms with Crippen LogP contribution in [0.4, 0.5) is 0 Å². The molecule has 462 valence electrons. The fourth-order valence-corrected chi connectivity index (χ4v) is 9.40. The molecule has 0 aromatic heterocycles. The largest absolute Gasteiger partial charge is 0.462 e. The van der Waals surface area contributed by atoms with Gasteiger partial charge in [0.05, 0.1) is 0 Å². The second-order valence-corrected chi connectivity index (χ2v) is 22.3. The Labute approximate surface area is 501 Å². The van der Waals surface area contributed by atoms with Gasteiger partial charge in [0, 0.05) is 19.3 Å². The number of unbranched alkanes of at least 4 members (excludes halogenated alkanes) is 30. The van der Waals surface area contributed by atoms with Gasteiger partial charge in [0.2, 0.25) is 0 Å². The molecule has 0 aliphatic rings. The van der Waals surface area contributed by atoms with E-state index in [1.807, 2.05) is 0 Å². The first-order chi connectivity index (χ1) is 40.0. The summed E-state index contributed by atoms with van der Waals surface area (Å²) >= 11 is 0. The van der Waals surface area contributed by atoms with Crippen LogP contribution >= 0.6 is 0 Å². The Morgan fingerprint density at radius 1 is 0.259 bits per heavy atom. The summed E-state index contributed by atoms with van der Waals surface area (Å²) in [6, 6.07) is 0. The number of ether oxygens (including phenoxy) is 3. The fourth-order valence-electron chi connectivity index (χ4n) is 9.40. The van der Waals surface area contributed by atoms with E-state index in [-0.39, 0.29) is 31.1 Å². The van der Waals surface area contributed by atoms with Gasteiger partial charge in [-0.15, -0.1) is 0 Å². The number of rotatable bonds is 61. The van der Waals surface area contributed by atoms with Crippen molar-refractivity contribution in [3.05, 3.63) is 122 Å². The predicted octanol–water partition coefficient (Wildman–Crippen LogP) is 23.6. The molecule has 0 aliphatic carbocycles. The third-order valence-electron chi connectivity index (χ3n) is 14.4. The molecule has 0 aliphatic heterocycles. The highest BCUT2D eigenvalue weighted by Crippen LogP contribution is 2.16. The SMILES string of the molecule is CC/C=C\C/C=C\C/C=C\C/C=C\C/C=C\CCCCCCCCCCCC(=O)OCC(COC(=O)CCCCCCCCCCC/C=C\CCCCCCCC)OC(=O)CCCCCCCC/C=C\C/C=C\C/C=C\C/C=C\CC. The molecule has 0 rings (SSSR count). The number of allylic oxidation sites excluding steroid dienone is 20. The first kappa shape index (κ1) is 76.8. The minimum atomic E-state index is -0.794. The van der Waals surface area contributed by atoms with E-state index in [4.69, 9.17) is 14.2 Å². The summed E-state index contributed by atoms with van der Waals surface area (Å²) in [5.41, 5.74) is 0. The van der Waals surface area contributed by atoms with Crippen LogP contribution in [0.15, 0.2) is 122 Å². The van der Waals surface area contributed by atoms with Crippen molar-refractivity contribution in [3.63, 3.8) is 0 Å². The number of carbonyl (C=O) groups is 3. The van der Waals surface area contributed by atoms with Crippen LogP contribution < -0.4 is 0 Å². The molecule has 0 bridgehead atoms. The fraction of sp³-hybridized carbons (Fsp3) is 0.693. The van der Waals surface area contributed by atoms with Crippen LogP contribution in [0.3, 0.4) is 0 Å². The summed E-state index contributed by atoms with van der Waals surface area (Å²) in [6.45, 7) is 6.42. The van der Waals surface area contributed by atoms with Gasteiger partial charge >= 0.3 is 17.9 Å². The quantitative estimate of drug-likeness (QED) is 0.0261. The molecule has 81 heavy (non-hydrogen) atoms. The summed E-state index contributed by atoms with van der Waals surface area (Å²) < 4.78 is 17.0. The lowest BCUT2D eigenvalue weighted by Crippen LogP contribution is -2.30. The van der Waals surface area contributed by atoms with E-state index in [1.165, 1.54) is 141 Å². The highest BCUT2D eigenvalue weighted by Gasteiger charge is 2.19. The normalized spacial score (nSPS) is 12.9. The number of hydrogen-bond donors (Lipinski definition) is 0. The van der Waals surface area contributed by atoms with Crippen molar-refractivity contribution in [1.29, 1.82) is 0 Å². The molecule has 0 N–H and O–H groups in total. The zero-order valence-electron chi connectivity index (χ0n) is 53.0. The van der Waals surface area contributed by atoms with Crippen molar-refractivity contribution in [2.24, 2.45) is 0 Å². The minimum Gasteiger partial charge on any atom is -0.462 e. The number of esters is 3. The van der Waals surface area contributed by atoms with Crippen LogP contribution in [-0.2, 0) is 28.6 Å². The third kappa shape index (κ3) is 66.5. The molecule has 1 atom stereocenters. The van der Waals surface area contributed by atoms with E-state index in [0.717, 1.165) is 135 Å². The average Bonchev–Trinajstić information content (AvgIpc) is 3.47. The summed E-state index contributed by atoms with van der Waals surface area (Å²) in [5, 5.41) is 0. The summed E-state index contributed by atoms with van der Waals surface area (Å²) in [6.07, 6.45) is 94.9. The molecule has 0 aromatic rings. The van der Waals surface area contributed by atoms with Crippen molar-refractivity contribution in [2.45, 2.75) is 322 Å². The standard InChI is InChI=1S/C75H126O6/c1-4-7-10-13-16-19-22-25-28-31-34-35-36-37-38-39-42-44-47-50-53-56-59-62-65-68-74(77)80-71-72(81-75(78)69-66-63-60-57-54-51-48-45-41-33-30-27-24-21-18-15-12-9-6-3)70-79-73(76)67-64-61-58-55-52-49-46-43-40-32-29-26-23-20-17-14-11-8-5-2/h7,9-10,12,16,18-19,21,25-30,34-35,37-38,41,45,72H,4-6,8,11,13-15,17,20,22-24,31-33,36,39-40,42-44,46-71H2,1-3H3/b10-7-,12-9-,19-16-,21-18-,28-25-,29-26-,30-27-,35-34-,38-37-,45-41-. The molecule has 6 heteroatoms. The van der Waals surface area contributed by atoms with Gasteiger partial charge in [-0.2, -0.15) is 0 Å². The van der Waals surface area contributed by atoms with Crippen molar-refractivity contribution < 1.29 is 28.6 Å². The van der Waals surface area contributed by atoms with Crippen LogP contribution in [0, 0.1) is 0 Å². The molecule has 1 unspecified atom stereocenters. The van der Waals surface area contributed by atoms with Gasteiger partial charge in [-0.05, 0) is 128 Å². The summed E-state index contributed by atoms with van der Waals surface area (Å²) in [5.74, 6) is -0.901. The second-order valence-electron chi connectivity index (χ2n) is 22.3. The molecule has 0 saturated heterocycles. The van der Waals surface area contributed by atoms with Crippen LogP contribution in [-0.4, -0.2) is 37.2 Å². The molecule has 0 heterocycles.